The van der Waals surface area contributed by atoms with Gasteiger partial charge in [-0.25, -0.2) is 0 Å². The quantitative estimate of drug-likeness (QED) is 0.862. The van der Waals surface area contributed by atoms with Crippen LogP contribution in [0.25, 0.3) is 0 Å². The van der Waals surface area contributed by atoms with Gasteiger partial charge in [-0.15, -0.1) is 0 Å². The molecule has 116 valence electrons. The first-order chi connectivity index (χ1) is 10.5. The zero-order valence-corrected chi connectivity index (χ0v) is 12.0. The molecule has 1 aliphatic carbocycles. The smallest absolute Gasteiger partial charge is 0.278 e. The first kappa shape index (κ1) is 14.6. The van der Waals surface area contributed by atoms with E-state index in [1.807, 2.05) is 7.05 Å². The molecule has 0 saturated carbocycles. The number of anilines is 1. The lowest BCUT2D eigenvalue weighted by Gasteiger charge is -2.16. The van der Waals surface area contributed by atoms with Gasteiger partial charge in [0.15, 0.2) is 0 Å². The standard InChI is InChI=1S/C15H15F3N4/c1-22-14-8-4-7-12(10(14)9-19-22)20-21-13-6-3-2-5-11(13)15(16,17)18/h2-3,5-6,9,21H,4,7-8H2,1H3. The van der Waals surface area contributed by atoms with E-state index in [0.717, 1.165) is 42.3 Å². The minimum atomic E-state index is -4.41. The lowest BCUT2D eigenvalue weighted by molar-refractivity contribution is -0.136. The highest BCUT2D eigenvalue weighted by atomic mass is 19.4. The SMILES string of the molecule is Cn1ncc2c1CCCC2=NNc1ccccc1C(F)(F)F. The molecule has 0 saturated heterocycles. The highest BCUT2D eigenvalue weighted by molar-refractivity contribution is 6.02. The predicted octanol–water partition coefficient (Wildman–Crippen LogP) is 3.59. The average molecular weight is 308 g/mol. The van der Waals surface area contributed by atoms with Crippen molar-refractivity contribution in [3.8, 4) is 0 Å². The van der Waals surface area contributed by atoms with Gasteiger partial charge in [0.25, 0.3) is 0 Å². The van der Waals surface area contributed by atoms with E-state index in [2.05, 4.69) is 15.6 Å². The molecule has 1 aromatic heterocycles. The highest BCUT2D eigenvalue weighted by Crippen LogP contribution is 2.34. The Kier molecular flexibility index (Phi) is 3.64. The van der Waals surface area contributed by atoms with E-state index in [9.17, 15) is 13.2 Å². The van der Waals surface area contributed by atoms with Crippen molar-refractivity contribution in [2.75, 3.05) is 5.43 Å². The van der Waals surface area contributed by atoms with Crippen LogP contribution in [-0.2, 0) is 19.6 Å². The second-order valence-electron chi connectivity index (χ2n) is 5.20. The topological polar surface area (TPSA) is 42.2 Å². The van der Waals surface area contributed by atoms with Crippen LogP contribution in [0.3, 0.4) is 0 Å². The second kappa shape index (κ2) is 5.47. The van der Waals surface area contributed by atoms with Gasteiger partial charge in [0.1, 0.15) is 0 Å². The molecule has 0 bridgehead atoms. The molecule has 4 nitrogen and oxygen atoms in total. The molecule has 0 radical (unpaired) electrons. The Hall–Kier alpha value is -2.31. The van der Waals surface area contributed by atoms with Crippen molar-refractivity contribution in [2.45, 2.75) is 25.4 Å². The summed E-state index contributed by atoms with van der Waals surface area (Å²) in [7, 11) is 1.86. The zero-order valence-electron chi connectivity index (χ0n) is 12.0. The number of rotatable bonds is 2. The van der Waals surface area contributed by atoms with Crippen molar-refractivity contribution in [3.63, 3.8) is 0 Å². The van der Waals surface area contributed by atoms with Gasteiger partial charge in [-0.1, -0.05) is 12.1 Å². The molecule has 0 atom stereocenters. The van der Waals surface area contributed by atoms with Crippen LogP contribution in [0.4, 0.5) is 18.9 Å². The maximum Gasteiger partial charge on any atom is 0.418 e. The average Bonchev–Trinajstić information content (AvgIpc) is 2.87. The van der Waals surface area contributed by atoms with Gasteiger partial charge < -0.3 is 0 Å². The number of para-hydroxylation sites is 1. The molecule has 7 heteroatoms. The lowest BCUT2D eigenvalue weighted by atomic mass is 9.96. The van der Waals surface area contributed by atoms with Crippen molar-refractivity contribution in [1.29, 1.82) is 0 Å². The maximum atomic E-state index is 13.0. The van der Waals surface area contributed by atoms with Crippen LogP contribution in [-0.4, -0.2) is 15.5 Å². The molecule has 3 rings (SSSR count). The van der Waals surface area contributed by atoms with Gasteiger partial charge >= 0.3 is 6.18 Å². The number of alkyl halides is 3. The third kappa shape index (κ3) is 2.70. The van der Waals surface area contributed by atoms with Crippen molar-refractivity contribution in [1.82, 2.24) is 9.78 Å². The highest BCUT2D eigenvalue weighted by Gasteiger charge is 2.33. The maximum absolute atomic E-state index is 13.0. The molecule has 0 spiro atoms. The summed E-state index contributed by atoms with van der Waals surface area (Å²) in [5.74, 6) is 0. The third-order valence-corrected chi connectivity index (χ3v) is 3.74. The number of benzene rings is 1. The zero-order chi connectivity index (χ0) is 15.7. The van der Waals surface area contributed by atoms with E-state index in [0.29, 0.717) is 0 Å². The minimum absolute atomic E-state index is 0.0430. The monoisotopic (exact) mass is 308 g/mol. The fourth-order valence-corrected chi connectivity index (χ4v) is 2.63. The van der Waals surface area contributed by atoms with Gasteiger partial charge in [-0.3, -0.25) is 10.1 Å². The summed E-state index contributed by atoms with van der Waals surface area (Å²) in [6, 6.07) is 5.33. The Morgan fingerprint density at radius 1 is 1.23 bits per heavy atom. The first-order valence-corrected chi connectivity index (χ1v) is 6.97. The Morgan fingerprint density at radius 3 is 2.77 bits per heavy atom. The van der Waals surface area contributed by atoms with Gasteiger partial charge in [-0.05, 0) is 31.4 Å². The van der Waals surface area contributed by atoms with Crippen LogP contribution in [0.15, 0.2) is 35.6 Å². The Labute approximate surface area is 125 Å². The number of halogens is 3. The molecule has 1 aliphatic rings. The summed E-state index contributed by atoms with van der Waals surface area (Å²) in [5, 5.41) is 8.38. The summed E-state index contributed by atoms with van der Waals surface area (Å²) in [4.78, 5) is 0. The Morgan fingerprint density at radius 2 is 2.00 bits per heavy atom. The summed E-state index contributed by atoms with van der Waals surface area (Å²) < 4.78 is 40.6. The molecular formula is C15H15F3N4. The number of nitrogens with one attached hydrogen (secondary N) is 1. The van der Waals surface area contributed by atoms with Crippen molar-refractivity contribution < 1.29 is 13.2 Å². The molecule has 1 heterocycles. The summed E-state index contributed by atoms with van der Waals surface area (Å²) in [6.45, 7) is 0. The van der Waals surface area contributed by atoms with Crippen molar-refractivity contribution in [2.24, 2.45) is 12.1 Å². The van der Waals surface area contributed by atoms with Crippen LogP contribution in [0.1, 0.15) is 29.7 Å². The molecule has 0 fully saturated rings. The normalized spacial score (nSPS) is 16.6. The van der Waals surface area contributed by atoms with E-state index in [1.54, 1.807) is 16.9 Å². The first-order valence-electron chi connectivity index (χ1n) is 6.97. The van der Waals surface area contributed by atoms with E-state index < -0.39 is 11.7 Å². The van der Waals surface area contributed by atoms with Crippen LogP contribution >= 0.6 is 0 Å². The van der Waals surface area contributed by atoms with Gasteiger partial charge in [0.2, 0.25) is 0 Å². The number of aryl methyl sites for hydroxylation is 1. The van der Waals surface area contributed by atoms with E-state index in [1.165, 1.54) is 12.1 Å². The molecule has 0 unspecified atom stereocenters. The van der Waals surface area contributed by atoms with Gasteiger partial charge in [0, 0.05) is 18.3 Å². The number of nitrogens with zero attached hydrogens (tertiary/aromatic N) is 3. The summed E-state index contributed by atoms with van der Waals surface area (Å²) in [5.41, 5.74) is 4.52. The van der Waals surface area contributed by atoms with Crippen LogP contribution in [0.5, 0.6) is 0 Å². The largest absolute Gasteiger partial charge is 0.418 e. The number of hydrazone groups is 1. The number of hydrogen-bond acceptors (Lipinski definition) is 3. The Bertz CT molecular complexity index is 716. The van der Waals surface area contributed by atoms with Crippen LogP contribution in [0, 0.1) is 0 Å². The molecule has 1 aromatic carbocycles. The van der Waals surface area contributed by atoms with E-state index >= 15 is 0 Å². The number of fused-ring (bicyclic) bond motifs is 1. The fraction of sp³-hybridized carbons (Fsp3) is 0.333. The van der Waals surface area contributed by atoms with Gasteiger partial charge in [0.05, 0.1) is 23.2 Å². The third-order valence-electron chi connectivity index (χ3n) is 3.74. The predicted molar refractivity (Wildman–Crippen MR) is 77.7 cm³/mol. The molecule has 22 heavy (non-hydrogen) atoms. The van der Waals surface area contributed by atoms with Crippen molar-refractivity contribution in [3.05, 3.63) is 47.3 Å². The molecule has 2 aromatic rings. The molecular weight excluding hydrogens is 293 g/mol. The molecule has 0 aliphatic heterocycles. The fourth-order valence-electron chi connectivity index (χ4n) is 2.63. The van der Waals surface area contributed by atoms with Crippen LogP contribution < -0.4 is 5.43 Å². The van der Waals surface area contributed by atoms with Crippen LogP contribution in [0.2, 0.25) is 0 Å². The van der Waals surface area contributed by atoms with Gasteiger partial charge in [-0.2, -0.15) is 23.4 Å². The van der Waals surface area contributed by atoms with E-state index in [4.69, 9.17) is 0 Å². The molecule has 1 N–H and O–H groups in total. The molecule has 0 amide bonds. The lowest BCUT2D eigenvalue weighted by Crippen LogP contribution is -2.15. The van der Waals surface area contributed by atoms with Crippen molar-refractivity contribution >= 4 is 11.4 Å². The minimum Gasteiger partial charge on any atom is -0.278 e. The number of hydrogen-bond donors (Lipinski definition) is 1. The Balaban J connectivity index is 1.90. The number of aromatic nitrogens is 2. The van der Waals surface area contributed by atoms with E-state index in [-0.39, 0.29) is 5.69 Å². The second-order valence-corrected chi connectivity index (χ2v) is 5.20. The summed E-state index contributed by atoms with van der Waals surface area (Å²) in [6.07, 6.45) is -0.154. The summed E-state index contributed by atoms with van der Waals surface area (Å²) >= 11 is 0.